The lowest BCUT2D eigenvalue weighted by Crippen LogP contribution is -2.20. The number of alkyl halides is 3. The maximum atomic E-state index is 12.7. The molecule has 4 rings (SSSR count). The predicted octanol–water partition coefficient (Wildman–Crippen LogP) is 7.08. The monoisotopic (exact) mass is 508 g/mol. The number of fused-ring (bicyclic) bond motifs is 1. The first-order valence-electron chi connectivity index (χ1n) is 10.3. The number of benzodiazepines with no additional fused rings is 1. The van der Waals surface area contributed by atoms with Crippen LogP contribution in [0.25, 0.3) is 6.08 Å². The normalized spacial score (nSPS) is 13.3. The van der Waals surface area contributed by atoms with Gasteiger partial charge in [-0.25, -0.2) is 0 Å². The van der Waals surface area contributed by atoms with E-state index in [1.54, 1.807) is 0 Å². The third-order valence-corrected chi connectivity index (χ3v) is 5.32. The Kier molecular flexibility index (Phi) is 9.59. The number of aliphatic imine (C=N–C) groups is 1. The Labute approximate surface area is 209 Å². The fourth-order valence-corrected chi connectivity index (χ4v) is 3.56. The lowest BCUT2D eigenvalue weighted by molar-refractivity contribution is -0.137. The van der Waals surface area contributed by atoms with Crippen LogP contribution in [0.3, 0.4) is 0 Å². The van der Waals surface area contributed by atoms with Crippen molar-refractivity contribution in [2.45, 2.75) is 12.8 Å². The van der Waals surface area contributed by atoms with Crippen LogP contribution in [0, 0.1) is 0 Å². The van der Waals surface area contributed by atoms with Gasteiger partial charge in [-0.1, -0.05) is 48.5 Å². The SMILES string of the molecule is CN1CCN=C(C=Cc2ccccc2OCc2ccc(C(F)(F)F)cc2)c2ccccc21.Cl.Cl. The molecule has 180 valence electrons. The van der Waals surface area contributed by atoms with Crippen LogP contribution in [-0.2, 0) is 12.8 Å². The molecule has 1 aliphatic rings. The highest BCUT2D eigenvalue weighted by Gasteiger charge is 2.29. The molecule has 0 bridgehead atoms. The molecule has 8 heteroatoms. The Morgan fingerprint density at radius 3 is 2.32 bits per heavy atom. The van der Waals surface area contributed by atoms with Gasteiger partial charge in [0, 0.05) is 30.4 Å². The van der Waals surface area contributed by atoms with Crippen LogP contribution < -0.4 is 9.64 Å². The summed E-state index contributed by atoms with van der Waals surface area (Å²) in [6, 6.07) is 20.8. The molecule has 0 saturated heterocycles. The van der Waals surface area contributed by atoms with E-state index in [4.69, 9.17) is 9.73 Å². The Bertz CT molecular complexity index is 1150. The van der Waals surface area contributed by atoms with E-state index in [0.717, 1.165) is 41.2 Å². The first kappa shape index (κ1) is 27.3. The van der Waals surface area contributed by atoms with Gasteiger partial charge in [0.15, 0.2) is 0 Å². The third-order valence-electron chi connectivity index (χ3n) is 5.32. The second-order valence-corrected chi connectivity index (χ2v) is 7.56. The molecule has 0 saturated carbocycles. The largest absolute Gasteiger partial charge is 0.488 e. The molecule has 3 aromatic rings. The summed E-state index contributed by atoms with van der Waals surface area (Å²) in [6.45, 7) is 1.73. The molecule has 0 N–H and O–H groups in total. The van der Waals surface area contributed by atoms with E-state index < -0.39 is 11.7 Å². The van der Waals surface area contributed by atoms with Gasteiger partial charge < -0.3 is 9.64 Å². The van der Waals surface area contributed by atoms with Crippen molar-refractivity contribution >= 4 is 42.3 Å². The first-order chi connectivity index (χ1) is 15.4. The highest BCUT2D eigenvalue weighted by molar-refractivity contribution is 6.14. The smallest absolute Gasteiger partial charge is 0.416 e. The number of allylic oxidation sites excluding steroid dienone is 1. The molecule has 0 spiro atoms. The second kappa shape index (κ2) is 12.0. The van der Waals surface area contributed by atoms with Crippen LogP contribution in [0.5, 0.6) is 5.75 Å². The maximum Gasteiger partial charge on any atom is 0.416 e. The van der Waals surface area contributed by atoms with E-state index in [1.807, 2.05) is 48.6 Å². The molecule has 0 aromatic heterocycles. The van der Waals surface area contributed by atoms with Gasteiger partial charge in [-0.3, -0.25) is 4.99 Å². The van der Waals surface area contributed by atoms with Gasteiger partial charge >= 0.3 is 6.18 Å². The lowest BCUT2D eigenvalue weighted by atomic mass is 10.1. The van der Waals surface area contributed by atoms with Gasteiger partial charge in [-0.15, -0.1) is 24.8 Å². The number of nitrogens with zero attached hydrogens (tertiary/aromatic N) is 2. The lowest BCUT2D eigenvalue weighted by Gasteiger charge is -2.18. The number of likely N-dealkylation sites (N-methyl/N-ethyl adjacent to an activating group) is 1. The minimum atomic E-state index is -4.34. The van der Waals surface area contributed by atoms with Crippen molar-refractivity contribution in [2.24, 2.45) is 4.99 Å². The van der Waals surface area contributed by atoms with Gasteiger partial charge in [0.2, 0.25) is 0 Å². The topological polar surface area (TPSA) is 24.8 Å². The van der Waals surface area contributed by atoms with Gasteiger partial charge in [0.1, 0.15) is 12.4 Å². The number of halogens is 5. The zero-order valence-electron chi connectivity index (χ0n) is 18.5. The summed E-state index contributed by atoms with van der Waals surface area (Å²) in [4.78, 5) is 6.93. The Morgan fingerprint density at radius 1 is 0.912 bits per heavy atom. The number of para-hydroxylation sites is 2. The molecule has 3 aromatic carbocycles. The van der Waals surface area contributed by atoms with Crippen LogP contribution >= 0.6 is 24.8 Å². The fraction of sp³-hybridized carbons (Fsp3) is 0.192. The summed E-state index contributed by atoms with van der Waals surface area (Å²) in [7, 11) is 2.06. The van der Waals surface area contributed by atoms with Gasteiger partial charge in [0.25, 0.3) is 0 Å². The Morgan fingerprint density at radius 2 is 1.59 bits per heavy atom. The van der Waals surface area contributed by atoms with Gasteiger partial charge in [-0.05, 0) is 42.0 Å². The Hall–Kier alpha value is -2.96. The molecular formula is C26H25Cl2F3N2O. The van der Waals surface area contributed by atoms with Crippen molar-refractivity contribution in [3.63, 3.8) is 0 Å². The van der Waals surface area contributed by atoms with E-state index in [1.165, 1.54) is 12.1 Å². The minimum absolute atomic E-state index is 0. The summed E-state index contributed by atoms with van der Waals surface area (Å²) in [5.74, 6) is 0.656. The van der Waals surface area contributed by atoms with Crippen LogP contribution in [-0.4, -0.2) is 25.8 Å². The van der Waals surface area contributed by atoms with Crippen molar-refractivity contribution in [3.8, 4) is 5.75 Å². The fourth-order valence-electron chi connectivity index (χ4n) is 3.56. The summed E-state index contributed by atoms with van der Waals surface area (Å²) >= 11 is 0. The standard InChI is InChI=1S/C26H23F3N2O.2ClH/c1-31-17-16-30-23(22-7-3-4-8-24(22)31)15-12-20-6-2-5-9-25(20)32-18-19-10-13-21(14-11-19)26(27,28)29;;/h2-15H,16-18H2,1H3;2*1H. The Balaban J connectivity index is 0.00000204. The number of hydrogen-bond donors (Lipinski definition) is 0. The summed E-state index contributed by atoms with van der Waals surface area (Å²) in [5.41, 5.74) is 3.99. The summed E-state index contributed by atoms with van der Waals surface area (Å²) in [5, 5.41) is 0. The average Bonchev–Trinajstić information content (AvgIpc) is 2.95. The van der Waals surface area contributed by atoms with E-state index in [0.29, 0.717) is 17.9 Å². The molecule has 0 unspecified atom stereocenters. The van der Waals surface area contributed by atoms with Gasteiger partial charge in [0.05, 0.1) is 17.8 Å². The number of hydrogen-bond acceptors (Lipinski definition) is 3. The zero-order chi connectivity index (χ0) is 22.6. The highest BCUT2D eigenvalue weighted by atomic mass is 35.5. The highest BCUT2D eigenvalue weighted by Crippen LogP contribution is 2.29. The second-order valence-electron chi connectivity index (χ2n) is 7.56. The molecule has 0 aliphatic carbocycles. The van der Waals surface area contributed by atoms with Crippen molar-refractivity contribution in [3.05, 3.63) is 101 Å². The number of ether oxygens (including phenoxy) is 1. The van der Waals surface area contributed by atoms with E-state index in [-0.39, 0.29) is 31.4 Å². The number of anilines is 1. The van der Waals surface area contributed by atoms with Crippen molar-refractivity contribution < 1.29 is 17.9 Å². The van der Waals surface area contributed by atoms with Crippen LogP contribution in [0.4, 0.5) is 18.9 Å². The molecule has 34 heavy (non-hydrogen) atoms. The van der Waals surface area contributed by atoms with Crippen LogP contribution in [0.1, 0.15) is 22.3 Å². The summed E-state index contributed by atoms with van der Waals surface area (Å²) < 4.78 is 44.2. The first-order valence-corrected chi connectivity index (χ1v) is 10.3. The minimum Gasteiger partial charge on any atom is -0.488 e. The molecule has 0 amide bonds. The van der Waals surface area contributed by atoms with E-state index in [9.17, 15) is 13.2 Å². The van der Waals surface area contributed by atoms with Crippen molar-refractivity contribution in [1.82, 2.24) is 0 Å². The summed E-state index contributed by atoms with van der Waals surface area (Å²) in [6.07, 6.45) is -0.397. The van der Waals surface area contributed by atoms with E-state index >= 15 is 0 Å². The molecule has 0 fully saturated rings. The predicted molar refractivity (Wildman–Crippen MR) is 137 cm³/mol. The van der Waals surface area contributed by atoms with Crippen molar-refractivity contribution in [1.29, 1.82) is 0 Å². The van der Waals surface area contributed by atoms with Crippen LogP contribution in [0.2, 0.25) is 0 Å². The molecular weight excluding hydrogens is 484 g/mol. The molecule has 3 nitrogen and oxygen atoms in total. The third kappa shape index (κ3) is 6.55. The molecule has 1 aliphatic heterocycles. The molecule has 0 radical (unpaired) electrons. The zero-order valence-corrected chi connectivity index (χ0v) is 20.1. The van der Waals surface area contributed by atoms with E-state index in [2.05, 4.69) is 24.1 Å². The maximum absolute atomic E-state index is 12.7. The van der Waals surface area contributed by atoms with Crippen LogP contribution in [0.15, 0.2) is 83.9 Å². The molecule has 1 heterocycles. The number of benzene rings is 3. The van der Waals surface area contributed by atoms with Crippen molar-refractivity contribution in [2.75, 3.05) is 25.0 Å². The average molecular weight is 509 g/mol. The number of rotatable bonds is 5. The molecule has 0 atom stereocenters. The van der Waals surface area contributed by atoms with Gasteiger partial charge in [-0.2, -0.15) is 13.2 Å². The quantitative estimate of drug-likeness (QED) is 0.367.